The van der Waals surface area contributed by atoms with Crippen LogP contribution in [-0.4, -0.2) is 17.6 Å². The Balaban J connectivity index is 2.80. The van der Waals surface area contributed by atoms with Crippen molar-refractivity contribution >= 4 is 11.6 Å². The van der Waals surface area contributed by atoms with E-state index in [-0.39, 0.29) is 23.8 Å². The highest BCUT2D eigenvalue weighted by Gasteiger charge is 2.08. The van der Waals surface area contributed by atoms with Gasteiger partial charge in [-0.3, -0.25) is 4.79 Å². The summed E-state index contributed by atoms with van der Waals surface area (Å²) < 4.78 is 0. The molecule has 0 radical (unpaired) electrons. The number of benzene rings is 1. The Kier molecular flexibility index (Phi) is 3.58. The Morgan fingerprint density at radius 1 is 1.60 bits per heavy atom. The van der Waals surface area contributed by atoms with Gasteiger partial charge in [0.2, 0.25) is 0 Å². The molecule has 0 spiro atoms. The van der Waals surface area contributed by atoms with E-state index in [1.54, 1.807) is 6.92 Å². The van der Waals surface area contributed by atoms with Crippen LogP contribution < -0.4 is 11.1 Å². The van der Waals surface area contributed by atoms with E-state index in [1.165, 1.54) is 18.2 Å². The van der Waals surface area contributed by atoms with Crippen LogP contribution in [-0.2, 0) is 0 Å². The summed E-state index contributed by atoms with van der Waals surface area (Å²) in [4.78, 5) is 11.5. The van der Waals surface area contributed by atoms with E-state index < -0.39 is 0 Å². The van der Waals surface area contributed by atoms with Gasteiger partial charge in [0.05, 0.1) is 12.1 Å². The number of hydrogen-bond donors (Lipinski definition) is 3. The molecule has 0 aliphatic carbocycles. The molecular formula is C11H12N2O2. The second-order valence-electron chi connectivity index (χ2n) is 2.88. The lowest BCUT2D eigenvalue weighted by Gasteiger charge is -2.05. The average Bonchev–Trinajstić information content (AvgIpc) is 2.22. The topological polar surface area (TPSA) is 75.3 Å². The zero-order valence-electron chi connectivity index (χ0n) is 8.37. The lowest BCUT2D eigenvalue weighted by molar-refractivity contribution is 0.0959. The van der Waals surface area contributed by atoms with Gasteiger partial charge in [-0.1, -0.05) is 5.92 Å². The molecule has 0 heterocycles. The molecule has 4 heteroatoms. The predicted octanol–water partition coefficient (Wildman–Crippen LogP) is 0.728. The Morgan fingerprint density at radius 3 is 3.00 bits per heavy atom. The van der Waals surface area contributed by atoms with Gasteiger partial charge in [-0.2, -0.15) is 0 Å². The number of carbonyl (C=O) groups excluding carboxylic acids is 1. The number of amides is 1. The Hall–Kier alpha value is -2.15. The number of hydrogen-bond acceptors (Lipinski definition) is 3. The quantitative estimate of drug-likeness (QED) is 0.377. The van der Waals surface area contributed by atoms with Crippen LogP contribution in [0, 0.1) is 11.8 Å². The molecule has 0 unspecified atom stereocenters. The Morgan fingerprint density at radius 2 is 2.33 bits per heavy atom. The van der Waals surface area contributed by atoms with Crippen molar-refractivity contribution in [3.63, 3.8) is 0 Å². The minimum absolute atomic E-state index is 0.0101. The van der Waals surface area contributed by atoms with Gasteiger partial charge in [-0.15, -0.1) is 5.92 Å². The fraction of sp³-hybridized carbons (Fsp3) is 0.182. The molecule has 1 rings (SSSR count). The van der Waals surface area contributed by atoms with Crippen LogP contribution in [0.3, 0.4) is 0 Å². The van der Waals surface area contributed by atoms with Gasteiger partial charge in [-0.05, 0) is 25.1 Å². The number of anilines is 1. The molecule has 1 aromatic rings. The number of nitrogens with one attached hydrogen (secondary N) is 1. The monoisotopic (exact) mass is 204 g/mol. The molecule has 0 saturated heterocycles. The number of nitrogen functional groups attached to an aromatic ring is 1. The van der Waals surface area contributed by atoms with E-state index in [0.717, 1.165) is 0 Å². The Labute approximate surface area is 88.1 Å². The van der Waals surface area contributed by atoms with Gasteiger partial charge in [0.1, 0.15) is 5.75 Å². The molecule has 1 aromatic carbocycles. The van der Waals surface area contributed by atoms with Crippen molar-refractivity contribution in [2.45, 2.75) is 6.92 Å². The van der Waals surface area contributed by atoms with Gasteiger partial charge in [0, 0.05) is 5.69 Å². The maximum atomic E-state index is 11.5. The summed E-state index contributed by atoms with van der Waals surface area (Å²) in [5, 5.41) is 11.8. The molecule has 0 atom stereocenters. The number of carbonyl (C=O) groups is 1. The minimum atomic E-state index is -0.342. The largest absolute Gasteiger partial charge is 0.508 e. The summed E-state index contributed by atoms with van der Waals surface area (Å²) in [7, 11) is 0. The minimum Gasteiger partial charge on any atom is -0.508 e. The zero-order valence-corrected chi connectivity index (χ0v) is 8.37. The smallest absolute Gasteiger partial charge is 0.254 e. The molecule has 0 fully saturated rings. The van der Waals surface area contributed by atoms with Crippen LogP contribution in [0.4, 0.5) is 5.69 Å². The van der Waals surface area contributed by atoms with E-state index in [2.05, 4.69) is 17.2 Å². The normalized spacial score (nSPS) is 8.87. The van der Waals surface area contributed by atoms with Crippen LogP contribution in [0.5, 0.6) is 5.75 Å². The van der Waals surface area contributed by atoms with E-state index in [9.17, 15) is 9.90 Å². The number of nitrogens with two attached hydrogens (primary N) is 1. The SMILES string of the molecule is CC#CCNC(=O)c1cc(O)ccc1N. The van der Waals surface area contributed by atoms with Crippen LogP contribution >= 0.6 is 0 Å². The molecule has 4 N–H and O–H groups in total. The molecule has 1 amide bonds. The highest BCUT2D eigenvalue weighted by atomic mass is 16.3. The third kappa shape index (κ3) is 2.92. The summed E-state index contributed by atoms with van der Waals surface area (Å²) in [6.07, 6.45) is 0. The van der Waals surface area contributed by atoms with Crippen molar-refractivity contribution in [1.82, 2.24) is 5.32 Å². The number of phenolic OH excluding ortho intramolecular Hbond substituents is 1. The number of phenols is 1. The van der Waals surface area contributed by atoms with E-state index in [4.69, 9.17) is 5.73 Å². The zero-order chi connectivity index (χ0) is 11.3. The van der Waals surface area contributed by atoms with Crippen molar-refractivity contribution < 1.29 is 9.90 Å². The van der Waals surface area contributed by atoms with Crippen LogP contribution in [0.2, 0.25) is 0 Å². The molecule has 4 nitrogen and oxygen atoms in total. The summed E-state index contributed by atoms with van der Waals surface area (Å²) in [5.41, 5.74) is 6.17. The number of aromatic hydroxyl groups is 1. The lowest BCUT2D eigenvalue weighted by atomic mass is 10.1. The first-order chi connectivity index (χ1) is 7.15. The standard InChI is InChI=1S/C11H12N2O2/c1-2-3-6-13-11(15)9-7-8(14)4-5-10(9)12/h4-5,7,14H,6,12H2,1H3,(H,13,15). The second kappa shape index (κ2) is 4.91. The summed E-state index contributed by atoms with van der Waals surface area (Å²) in [6, 6.07) is 4.23. The van der Waals surface area contributed by atoms with E-state index in [0.29, 0.717) is 5.69 Å². The third-order valence-corrected chi connectivity index (χ3v) is 1.80. The van der Waals surface area contributed by atoms with Gasteiger partial charge in [-0.25, -0.2) is 0 Å². The highest BCUT2D eigenvalue weighted by Crippen LogP contribution is 2.17. The first kappa shape index (κ1) is 10.9. The van der Waals surface area contributed by atoms with Crippen molar-refractivity contribution in [3.8, 4) is 17.6 Å². The van der Waals surface area contributed by atoms with Crippen LogP contribution in [0.25, 0.3) is 0 Å². The van der Waals surface area contributed by atoms with Gasteiger partial charge in [0.15, 0.2) is 0 Å². The van der Waals surface area contributed by atoms with Crippen molar-refractivity contribution in [2.24, 2.45) is 0 Å². The first-order valence-corrected chi connectivity index (χ1v) is 4.41. The molecule has 15 heavy (non-hydrogen) atoms. The van der Waals surface area contributed by atoms with E-state index >= 15 is 0 Å². The molecule has 0 aliphatic rings. The molecule has 0 aliphatic heterocycles. The van der Waals surface area contributed by atoms with Gasteiger partial charge in [0.25, 0.3) is 5.91 Å². The second-order valence-corrected chi connectivity index (χ2v) is 2.88. The first-order valence-electron chi connectivity index (χ1n) is 4.41. The molecule has 78 valence electrons. The molecule has 0 bridgehead atoms. The maximum absolute atomic E-state index is 11.5. The lowest BCUT2D eigenvalue weighted by Crippen LogP contribution is -2.24. The molecule has 0 aromatic heterocycles. The van der Waals surface area contributed by atoms with Crippen LogP contribution in [0.1, 0.15) is 17.3 Å². The Bertz CT molecular complexity index is 430. The van der Waals surface area contributed by atoms with Crippen LogP contribution in [0.15, 0.2) is 18.2 Å². The van der Waals surface area contributed by atoms with Crippen molar-refractivity contribution in [2.75, 3.05) is 12.3 Å². The third-order valence-electron chi connectivity index (χ3n) is 1.80. The molecule has 0 saturated carbocycles. The average molecular weight is 204 g/mol. The summed E-state index contributed by atoms with van der Waals surface area (Å²) in [5.74, 6) is 5.02. The number of rotatable bonds is 2. The fourth-order valence-electron chi connectivity index (χ4n) is 1.05. The van der Waals surface area contributed by atoms with Gasteiger partial charge >= 0.3 is 0 Å². The summed E-state index contributed by atoms with van der Waals surface area (Å²) >= 11 is 0. The van der Waals surface area contributed by atoms with E-state index in [1.807, 2.05) is 0 Å². The molecular weight excluding hydrogens is 192 g/mol. The predicted molar refractivity (Wildman–Crippen MR) is 58.3 cm³/mol. The van der Waals surface area contributed by atoms with Gasteiger partial charge < -0.3 is 16.2 Å². The summed E-state index contributed by atoms with van der Waals surface area (Å²) in [6.45, 7) is 1.96. The highest BCUT2D eigenvalue weighted by molar-refractivity contribution is 5.99. The fourth-order valence-corrected chi connectivity index (χ4v) is 1.05. The van der Waals surface area contributed by atoms with Crippen molar-refractivity contribution in [1.29, 1.82) is 0 Å². The van der Waals surface area contributed by atoms with Crippen molar-refractivity contribution in [3.05, 3.63) is 23.8 Å². The maximum Gasteiger partial charge on any atom is 0.254 e.